The lowest BCUT2D eigenvalue weighted by Gasteiger charge is -2.28. The van der Waals surface area contributed by atoms with Crippen molar-refractivity contribution in [3.05, 3.63) is 46.9 Å². The second-order valence-electron chi connectivity index (χ2n) is 6.06. The highest BCUT2D eigenvalue weighted by molar-refractivity contribution is 5.83. The average Bonchev–Trinajstić information content (AvgIpc) is 3.05. The maximum Gasteiger partial charge on any atom is 0.258 e. The SMILES string of the molecule is CN1CCC(c2cnn(-c3nccc4c(=O)[nH]cnc34)c2)CC1. The van der Waals surface area contributed by atoms with E-state index in [2.05, 4.69) is 32.0 Å². The first-order valence-electron chi connectivity index (χ1n) is 7.78. The number of hydrogen-bond donors (Lipinski definition) is 1. The summed E-state index contributed by atoms with van der Waals surface area (Å²) in [5.41, 5.74) is 1.62. The van der Waals surface area contributed by atoms with Gasteiger partial charge in [0, 0.05) is 12.4 Å². The lowest BCUT2D eigenvalue weighted by atomic mass is 9.92. The Morgan fingerprint density at radius 3 is 2.91 bits per heavy atom. The van der Waals surface area contributed by atoms with Crippen molar-refractivity contribution in [3.8, 4) is 5.82 Å². The number of nitrogens with one attached hydrogen (secondary N) is 1. The van der Waals surface area contributed by atoms with Crippen molar-refractivity contribution in [1.82, 2.24) is 29.6 Å². The minimum Gasteiger partial charge on any atom is -0.313 e. The molecule has 7 nitrogen and oxygen atoms in total. The van der Waals surface area contributed by atoms with E-state index in [4.69, 9.17) is 0 Å². The fourth-order valence-corrected chi connectivity index (χ4v) is 3.16. The van der Waals surface area contributed by atoms with Crippen LogP contribution in [0.25, 0.3) is 16.7 Å². The first kappa shape index (κ1) is 14.1. The van der Waals surface area contributed by atoms with E-state index < -0.39 is 0 Å². The molecule has 23 heavy (non-hydrogen) atoms. The standard InChI is InChI=1S/C16H18N6O/c1-21-6-3-11(4-7-21)12-8-20-22(9-12)15-14-13(2-5-17-15)16(23)19-10-18-14/h2,5,8-11H,3-4,6-7H2,1H3,(H,18,19,23). The fourth-order valence-electron chi connectivity index (χ4n) is 3.16. The summed E-state index contributed by atoms with van der Waals surface area (Å²) in [5.74, 6) is 1.12. The van der Waals surface area contributed by atoms with Crippen LogP contribution in [-0.2, 0) is 0 Å². The lowest BCUT2D eigenvalue weighted by molar-refractivity contribution is 0.255. The second kappa shape index (κ2) is 5.58. The molecule has 0 radical (unpaired) electrons. The molecule has 1 saturated heterocycles. The molecule has 1 N–H and O–H groups in total. The zero-order chi connectivity index (χ0) is 15.8. The normalized spacial score (nSPS) is 16.9. The molecule has 0 atom stereocenters. The van der Waals surface area contributed by atoms with E-state index in [1.54, 1.807) is 16.9 Å². The monoisotopic (exact) mass is 310 g/mol. The van der Waals surface area contributed by atoms with Crippen LogP contribution in [0.1, 0.15) is 24.3 Å². The van der Waals surface area contributed by atoms with Gasteiger partial charge in [0.05, 0.1) is 17.9 Å². The molecule has 3 aromatic heterocycles. The van der Waals surface area contributed by atoms with Crippen LogP contribution in [0, 0.1) is 0 Å². The number of likely N-dealkylation sites (tertiary alicyclic amines) is 1. The molecule has 1 aliphatic heterocycles. The highest BCUT2D eigenvalue weighted by Crippen LogP contribution is 2.27. The van der Waals surface area contributed by atoms with E-state index in [1.165, 1.54) is 11.9 Å². The zero-order valence-corrected chi connectivity index (χ0v) is 12.9. The molecule has 3 aromatic rings. The van der Waals surface area contributed by atoms with E-state index in [-0.39, 0.29) is 5.56 Å². The van der Waals surface area contributed by atoms with Gasteiger partial charge < -0.3 is 9.88 Å². The molecule has 0 saturated carbocycles. The molecule has 0 spiro atoms. The number of nitrogens with zero attached hydrogens (tertiary/aromatic N) is 5. The van der Waals surface area contributed by atoms with Crippen LogP contribution in [0.3, 0.4) is 0 Å². The molecular formula is C16H18N6O. The fraction of sp³-hybridized carbons (Fsp3) is 0.375. The molecule has 1 fully saturated rings. The Labute approximate surface area is 133 Å². The number of pyridine rings is 1. The highest BCUT2D eigenvalue weighted by atomic mass is 16.1. The van der Waals surface area contributed by atoms with Crippen LogP contribution in [-0.4, -0.2) is 49.8 Å². The van der Waals surface area contributed by atoms with Crippen molar-refractivity contribution in [3.63, 3.8) is 0 Å². The van der Waals surface area contributed by atoms with Gasteiger partial charge in [-0.05, 0) is 50.5 Å². The van der Waals surface area contributed by atoms with Crippen LogP contribution in [0.2, 0.25) is 0 Å². The third-order valence-corrected chi connectivity index (χ3v) is 4.55. The van der Waals surface area contributed by atoms with Gasteiger partial charge >= 0.3 is 0 Å². The lowest BCUT2D eigenvalue weighted by Crippen LogP contribution is -2.29. The van der Waals surface area contributed by atoms with Crippen LogP contribution in [0.15, 0.2) is 35.8 Å². The van der Waals surface area contributed by atoms with Crippen molar-refractivity contribution < 1.29 is 0 Å². The van der Waals surface area contributed by atoms with Gasteiger partial charge in [-0.2, -0.15) is 5.10 Å². The third kappa shape index (κ3) is 2.53. The Hall–Kier alpha value is -2.54. The number of aromatic amines is 1. The first-order valence-corrected chi connectivity index (χ1v) is 7.78. The topological polar surface area (TPSA) is 79.7 Å². The number of hydrogen-bond acceptors (Lipinski definition) is 5. The molecule has 4 heterocycles. The molecule has 0 unspecified atom stereocenters. The summed E-state index contributed by atoms with van der Waals surface area (Å²) in [5, 5.41) is 4.97. The first-order chi connectivity index (χ1) is 11.2. The van der Waals surface area contributed by atoms with Gasteiger partial charge in [0.1, 0.15) is 5.52 Å². The van der Waals surface area contributed by atoms with Crippen LogP contribution in [0.5, 0.6) is 0 Å². The Morgan fingerprint density at radius 2 is 2.09 bits per heavy atom. The maximum atomic E-state index is 11.9. The van der Waals surface area contributed by atoms with Crippen LogP contribution >= 0.6 is 0 Å². The summed E-state index contributed by atoms with van der Waals surface area (Å²) in [6, 6.07) is 1.67. The Balaban J connectivity index is 1.72. The van der Waals surface area contributed by atoms with Crippen molar-refractivity contribution in [2.45, 2.75) is 18.8 Å². The summed E-state index contributed by atoms with van der Waals surface area (Å²) in [6.07, 6.45) is 9.22. The highest BCUT2D eigenvalue weighted by Gasteiger charge is 2.20. The molecular weight excluding hydrogens is 292 g/mol. The quantitative estimate of drug-likeness (QED) is 0.772. The summed E-state index contributed by atoms with van der Waals surface area (Å²) in [4.78, 5) is 25.5. The Bertz CT molecular complexity index is 891. The van der Waals surface area contributed by atoms with E-state index in [0.717, 1.165) is 25.9 Å². The van der Waals surface area contributed by atoms with E-state index in [9.17, 15) is 4.79 Å². The van der Waals surface area contributed by atoms with Gasteiger partial charge in [-0.3, -0.25) is 4.79 Å². The van der Waals surface area contributed by atoms with Crippen molar-refractivity contribution >= 4 is 10.9 Å². The molecule has 0 amide bonds. The molecule has 118 valence electrons. The zero-order valence-electron chi connectivity index (χ0n) is 12.9. The van der Waals surface area contributed by atoms with E-state index in [1.807, 2.05) is 12.4 Å². The molecule has 7 heteroatoms. The molecule has 1 aliphatic rings. The molecule has 0 aromatic carbocycles. The smallest absolute Gasteiger partial charge is 0.258 e. The van der Waals surface area contributed by atoms with Crippen molar-refractivity contribution in [1.29, 1.82) is 0 Å². The van der Waals surface area contributed by atoms with Gasteiger partial charge in [0.2, 0.25) is 0 Å². The minimum atomic E-state index is -0.165. The van der Waals surface area contributed by atoms with Crippen molar-refractivity contribution in [2.75, 3.05) is 20.1 Å². The summed E-state index contributed by atoms with van der Waals surface area (Å²) < 4.78 is 1.72. The minimum absolute atomic E-state index is 0.165. The van der Waals surface area contributed by atoms with Crippen LogP contribution < -0.4 is 5.56 Å². The summed E-state index contributed by atoms with van der Waals surface area (Å²) in [6.45, 7) is 2.22. The van der Waals surface area contributed by atoms with Gasteiger partial charge in [-0.15, -0.1) is 0 Å². The number of fused-ring (bicyclic) bond motifs is 1. The second-order valence-corrected chi connectivity index (χ2v) is 6.06. The number of piperidine rings is 1. The molecule has 4 rings (SSSR count). The summed E-state index contributed by atoms with van der Waals surface area (Å²) >= 11 is 0. The Morgan fingerprint density at radius 1 is 1.26 bits per heavy atom. The molecule has 0 aliphatic carbocycles. The van der Waals surface area contributed by atoms with Crippen LogP contribution in [0.4, 0.5) is 0 Å². The number of rotatable bonds is 2. The molecule has 0 bridgehead atoms. The van der Waals surface area contributed by atoms with Crippen molar-refractivity contribution in [2.24, 2.45) is 0 Å². The van der Waals surface area contributed by atoms with Gasteiger partial charge in [-0.1, -0.05) is 0 Å². The number of aromatic nitrogens is 5. The van der Waals surface area contributed by atoms with Gasteiger partial charge in [-0.25, -0.2) is 14.6 Å². The van der Waals surface area contributed by atoms with E-state index >= 15 is 0 Å². The predicted octanol–water partition coefficient (Wildman–Crippen LogP) is 1.31. The average molecular weight is 310 g/mol. The Kier molecular flexibility index (Phi) is 3.42. The van der Waals surface area contributed by atoms with E-state index in [0.29, 0.717) is 22.6 Å². The third-order valence-electron chi connectivity index (χ3n) is 4.55. The maximum absolute atomic E-state index is 11.9. The van der Waals surface area contributed by atoms with Gasteiger partial charge in [0.15, 0.2) is 5.82 Å². The largest absolute Gasteiger partial charge is 0.313 e. The predicted molar refractivity (Wildman–Crippen MR) is 86.8 cm³/mol. The summed E-state index contributed by atoms with van der Waals surface area (Å²) in [7, 11) is 2.16. The number of H-pyrrole nitrogens is 1. The van der Waals surface area contributed by atoms with Gasteiger partial charge in [0.25, 0.3) is 5.56 Å².